The number of hydrogen-bond acceptors (Lipinski definition) is 6. The molecule has 4 unspecified atom stereocenters. The molecule has 1 aromatic heterocycles. The number of aromatic amines is 1. The molecule has 1 aromatic carbocycles. The van der Waals surface area contributed by atoms with E-state index in [4.69, 9.17) is 10.8 Å². The molecule has 3 rings (SSSR count). The van der Waals surface area contributed by atoms with Gasteiger partial charge in [-0.15, -0.1) is 0 Å². The van der Waals surface area contributed by atoms with Crippen molar-refractivity contribution in [1.82, 2.24) is 20.5 Å². The molecule has 12 nitrogen and oxygen atoms in total. The zero-order chi connectivity index (χ0) is 28.0. The quantitative estimate of drug-likeness (QED) is 0.230. The van der Waals surface area contributed by atoms with E-state index in [1.54, 1.807) is 20.0 Å². The lowest BCUT2D eigenvalue weighted by molar-refractivity contribution is -0.145. The Labute approximate surface area is 219 Å². The zero-order valence-electron chi connectivity index (χ0n) is 21.5. The Balaban J connectivity index is 1.69. The second kappa shape index (κ2) is 12.5. The molecule has 12 heteroatoms. The van der Waals surface area contributed by atoms with E-state index in [9.17, 15) is 29.1 Å². The number of aliphatic carboxylic acids is 2. The molecule has 1 aliphatic rings. The summed E-state index contributed by atoms with van der Waals surface area (Å²) >= 11 is 0. The average Bonchev–Trinajstić information content (AvgIpc) is 3.52. The van der Waals surface area contributed by atoms with Gasteiger partial charge >= 0.3 is 11.9 Å². The predicted octanol–water partition coefficient (Wildman–Crippen LogP) is 0.604. The second-order valence-corrected chi connectivity index (χ2v) is 9.92. The fraction of sp³-hybridized carbons (Fsp3) is 0.500. The first-order valence-electron chi connectivity index (χ1n) is 12.7. The summed E-state index contributed by atoms with van der Waals surface area (Å²) in [6.45, 7) is 3.75. The molecule has 38 heavy (non-hydrogen) atoms. The van der Waals surface area contributed by atoms with Gasteiger partial charge in [-0.1, -0.05) is 32.0 Å². The third-order valence-corrected chi connectivity index (χ3v) is 6.79. The third kappa shape index (κ3) is 6.88. The van der Waals surface area contributed by atoms with Gasteiger partial charge in [-0.3, -0.25) is 19.2 Å². The van der Waals surface area contributed by atoms with Gasteiger partial charge in [0, 0.05) is 36.5 Å². The molecule has 0 bridgehead atoms. The number of rotatable bonds is 12. The summed E-state index contributed by atoms with van der Waals surface area (Å²) in [6.07, 6.45) is 2.31. The Bertz CT molecular complexity index is 1190. The van der Waals surface area contributed by atoms with Crippen molar-refractivity contribution < 1.29 is 34.2 Å². The Kier molecular flexibility index (Phi) is 9.45. The number of fused-ring (bicyclic) bond motifs is 1. The van der Waals surface area contributed by atoms with Gasteiger partial charge in [-0.2, -0.15) is 0 Å². The highest BCUT2D eigenvalue weighted by Crippen LogP contribution is 2.22. The largest absolute Gasteiger partial charge is 0.481 e. The second-order valence-electron chi connectivity index (χ2n) is 9.92. The number of nitrogens with zero attached hydrogens (tertiary/aromatic N) is 1. The van der Waals surface area contributed by atoms with Gasteiger partial charge in [0.15, 0.2) is 0 Å². The van der Waals surface area contributed by atoms with E-state index in [1.807, 2.05) is 24.3 Å². The van der Waals surface area contributed by atoms with E-state index < -0.39 is 53.8 Å². The van der Waals surface area contributed by atoms with Gasteiger partial charge in [-0.25, -0.2) is 4.79 Å². The van der Waals surface area contributed by atoms with Crippen LogP contribution in [0, 0.1) is 5.92 Å². The van der Waals surface area contributed by atoms with Crippen LogP contribution in [0.1, 0.15) is 45.1 Å². The maximum atomic E-state index is 13.4. The summed E-state index contributed by atoms with van der Waals surface area (Å²) in [4.78, 5) is 66.4. The van der Waals surface area contributed by atoms with Crippen LogP contribution in [0.3, 0.4) is 0 Å². The van der Waals surface area contributed by atoms with Crippen molar-refractivity contribution in [2.75, 3.05) is 6.54 Å². The number of H-pyrrole nitrogens is 1. The van der Waals surface area contributed by atoms with Crippen LogP contribution < -0.4 is 16.4 Å². The number of carbonyl (C=O) groups is 5. The normalized spacial score (nSPS) is 17.7. The minimum atomic E-state index is -1.20. The first-order chi connectivity index (χ1) is 18.0. The Morgan fingerprint density at radius 3 is 2.50 bits per heavy atom. The van der Waals surface area contributed by atoms with Crippen molar-refractivity contribution in [3.8, 4) is 0 Å². The van der Waals surface area contributed by atoms with Crippen molar-refractivity contribution in [1.29, 1.82) is 0 Å². The van der Waals surface area contributed by atoms with E-state index >= 15 is 0 Å². The Hall–Kier alpha value is -3.93. The van der Waals surface area contributed by atoms with E-state index in [0.717, 1.165) is 16.5 Å². The standard InChI is InChI=1S/C26H35N5O7/c1-14(2)22(30-23(34)17(27)9-10-21(32)33)25(36)31-11-5-8-20(31)24(35)29-19(26(37)38)12-15-13-28-18-7-4-3-6-16(15)18/h3-4,6-7,13-14,17,19-20,22,28H,5,8-12,27H2,1-2H3,(H,29,35)(H,30,34)(H,32,33)(H,37,38). The lowest BCUT2D eigenvalue weighted by atomic mass is 10.0. The summed E-state index contributed by atoms with van der Waals surface area (Å²) < 4.78 is 0. The molecule has 0 spiro atoms. The van der Waals surface area contributed by atoms with Crippen molar-refractivity contribution in [2.24, 2.45) is 11.7 Å². The van der Waals surface area contributed by atoms with Crippen molar-refractivity contribution in [3.05, 3.63) is 36.0 Å². The highest BCUT2D eigenvalue weighted by Gasteiger charge is 2.40. The molecule has 2 aromatic rings. The molecule has 206 valence electrons. The lowest BCUT2D eigenvalue weighted by Gasteiger charge is -2.31. The van der Waals surface area contributed by atoms with Crippen LogP contribution in [0.2, 0.25) is 0 Å². The maximum absolute atomic E-state index is 13.4. The Morgan fingerprint density at radius 2 is 1.84 bits per heavy atom. The number of carboxylic acids is 2. The topological polar surface area (TPSA) is 195 Å². The minimum Gasteiger partial charge on any atom is -0.481 e. The Morgan fingerprint density at radius 1 is 1.13 bits per heavy atom. The maximum Gasteiger partial charge on any atom is 0.326 e. The number of hydrogen-bond donors (Lipinski definition) is 6. The number of carboxylic acid groups (broad SMARTS) is 2. The highest BCUT2D eigenvalue weighted by atomic mass is 16.4. The molecule has 1 fully saturated rings. The fourth-order valence-electron chi connectivity index (χ4n) is 4.65. The summed E-state index contributed by atoms with van der Waals surface area (Å²) in [7, 11) is 0. The van der Waals surface area contributed by atoms with Crippen LogP contribution >= 0.6 is 0 Å². The molecule has 0 saturated carbocycles. The first-order valence-corrected chi connectivity index (χ1v) is 12.7. The number of benzene rings is 1. The van der Waals surface area contributed by atoms with E-state index in [0.29, 0.717) is 12.8 Å². The molecule has 4 atom stereocenters. The van der Waals surface area contributed by atoms with Gasteiger partial charge in [0.25, 0.3) is 0 Å². The van der Waals surface area contributed by atoms with E-state index in [1.165, 1.54) is 4.90 Å². The average molecular weight is 530 g/mol. The number of likely N-dealkylation sites (tertiary alicyclic amines) is 1. The number of carbonyl (C=O) groups excluding carboxylic acids is 3. The van der Waals surface area contributed by atoms with E-state index in [-0.39, 0.29) is 31.7 Å². The van der Waals surface area contributed by atoms with Gasteiger partial charge in [0.05, 0.1) is 6.04 Å². The van der Waals surface area contributed by atoms with Crippen molar-refractivity contribution >= 4 is 40.6 Å². The van der Waals surface area contributed by atoms with E-state index in [2.05, 4.69) is 15.6 Å². The van der Waals surface area contributed by atoms with Crippen molar-refractivity contribution in [2.45, 2.75) is 70.1 Å². The van der Waals surface area contributed by atoms with Gasteiger partial charge in [-0.05, 0) is 36.8 Å². The van der Waals surface area contributed by atoms with Gasteiger partial charge < -0.3 is 36.5 Å². The monoisotopic (exact) mass is 529 g/mol. The zero-order valence-corrected chi connectivity index (χ0v) is 21.5. The molecule has 3 amide bonds. The molecule has 1 saturated heterocycles. The predicted molar refractivity (Wildman–Crippen MR) is 138 cm³/mol. The lowest BCUT2D eigenvalue weighted by Crippen LogP contribution is -2.58. The molecular formula is C26H35N5O7. The molecule has 2 heterocycles. The SMILES string of the molecule is CC(C)C(NC(=O)C(N)CCC(=O)O)C(=O)N1CCCC1C(=O)NC(Cc1c[nH]c2ccccc12)C(=O)O. The molecule has 0 aliphatic carbocycles. The van der Waals surface area contributed by atoms with Crippen LogP contribution in [0.5, 0.6) is 0 Å². The molecule has 7 N–H and O–H groups in total. The van der Waals surface area contributed by atoms with Gasteiger partial charge in [0.1, 0.15) is 18.1 Å². The molecular weight excluding hydrogens is 494 g/mol. The first kappa shape index (κ1) is 28.6. The summed E-state index contributed by atoms with van der Waals surface area (Å²) in [5.74, 6) is -4.31. The number of amides is 3. The summed E-state index contributed by atoms with van der Waals surface area (Å²) in [6, 6.07) is 3.29. The highest BCUT2D eigenvalue weighted by molar-refractivity contribution is 5.95. The van der Waals surface area contributed by atoms with Crippen LogP contribution in [-0.2, 0) is 30.4 Å². The molecule has 1 aliphatic heterocycles. The smallest absolute Gasteiger partial charge is 0.326 e. The minimum absolute atomic E-state index is 0.0602. The number of aromatic nitrogens is 1. The summed E-state index contributed by atoms with van der Waals surface area (Å²) in [5, 5.41) is 24.7. The van der Waals surface area contributed by atoms with Crippen LogP contribution in [-0.4, -0.2) is 80.5 Å². The van der Waals surface area contributed by atoms with Gasteiger partial charge in [0.2, 0.25) is 17.7 Å². The van der Waals surface area contributed by atoms with Crippen LogP contribution in [0.25, 0.3) is 10.9 Å². The number of nitrogens with two attached hydrogens (primary N) is 1. The summed E-state index contributed by atoms with van der Waals surface area (Å²) in [5.41, 5.74) is 7.40. The van der Waals surface area contributed by atoms with Crippen LogP contribution in [0.15, 0.2) is 30.5 Å². The fourth-order valence-corrected chi connectivity index (χ4v) is 4.65. The third-order valence-electron chi connectivity index (χ3n) is 6.79. The number of nitrogens with one attached hydrogen (secondary N) is 3. The van der Waals surface area contributed by atoms with Crippen molar-refractivity contribution in [3.63, 3.8) is 0 Å². The number of para-hydroxylation sites is 1. The van der Waals surface area contributed by atoms with Crippen LogP contribution in [0.4, 0.5) is 0 Å². The molecule has 0 radical (unpaired) electrons.